The molecule has 0 saturated carbocycles. The summed E-state index contributed by atoms with van der Waals surface area (Å²) in [5, 5.41) is 14.2. The van der Waals surface area contributed by atoms with E-state index >= 15 is 0 Å². The van der Waals surface area contributed by atoms with E-state index in [-0.39, 0.29) is 53.9 Å². The number of hydrogen-bond donors (Lipinski definition) is 2. The van der Waals surface area contributed by atoms with Crippen LogP contribution in [0.5, 0.6) is 0 Å². The van der Waals surface area contributed by atoms with Crippen LogP contribution >= 0.6 is 0 Å². The van der Waals surface area contributed by atoms with Gasteiger partial charge in [0.1, 0.15) is 0 Å². The van der Waals surface area contributed by atoms with Gasteiger partial charge in [-0.25, -0.2) is 0 Å². The van der Waals surface area contributed by atoms with E-state index in [1.165, 1.54) is 0 Å². The van der Waals surface area contributed by atoms with Crippen LogP contribution in [-0.2, 0) is 0 Å². The van der Waals surface area contributed by atoms with E-state index in [4.69, 9.17) is 10.0 Å². The van der Waals surface area contributed by atoms with Gasteiger partial charge < -0.3 is 10.0 Å². The van der Waals surface area contributed by atoms with Crippen LogP contribution in [0.3, 0.4) is 0 Å². The fourth-order valence-electron chi connectivity index (χ4n) is 0. The Morgan fingerprint density at radius 2 is 1.20 bits per heavy atom. The third kappa shape index (κ3) is 29.4. The average Bonchev–Trinajstić information content (AvgIpc) is 0.918. The summed E-state index contributed by atoms with van der Waals surface area (Å²) in [6, 6.07) is 0. The summed E-state index contributed by atoms with van der Waals surface area (Å²) >= 11 is 0. The molecule has 0 saturated heterocycles. The van der Waals surface area contributed by atoms with E-state index in [0.717, 1.165) is 0 Å². The zero-order valence-corrected chi connectivity index (χ0v) is 6.36. The van der Waals surface area contributed by atoms with Gasteiger partial charge >= 0.3 is 61.6 Å². The summed E-state index contributed by atoms with van der Waals surface area (Å²) in [7, 11) is -0.750. The molecule has 0 fully saturated rings. The van der Waals surface area contributed by atoms with Gasteiger partial charge in [0, 0.05) is 0 Å². The molecule has 0 aliphatic heterocycles. The number of hydrogen-bond acceptors (Lipinski definition) is 2. The van der Waals surface area contributed by atoms with Crippen molar-refractivity contribution in [2.24, 2.45) is 0 Å². The minimum absolute atomic E-state index is 0. The topological polar surface area (TPSA) is 40.5 Å². The van der Waals surface area contributed by atoms with Gasteiger partial charge in [0.05, 0.1) is 0 Å². The van der Waals surface area contributed by atoms with Crippen molar-refractivity contribution in [3.63, 3.8) is 0 Å². The van der Waals surface area contributed by atoms with Crippen LogP contribution in [0.15, 0.2) is 0 Å². The van der Waals surface area contributed by atoms with Crippen LogP contribution in [-0.4, -0.2) is 71.6 Å². The normalized spacial score (nSPS) is 2.80. The van der Waals surface area contributed by atoms with Gasteiger partial charge in [-0.1, -0.05) is 0 Å². The smallest absolute Gasteiger partial charge is 0.430 e. The van der Waals surface area contributed by atoms with E-state index in [9.17, 15) is 0 Å². The van der Waals surface area contributed by atoms with Crippen LogP contribution in [0, 0.1) is 0 Å². The first-order chi connectivity index (χ1) is 1.41. The maximum atomic E-state index is 7.12. The Morgan fingerprint density at radius 3 is 1.20 bits per heavy atom. The molecule has 2 nitrogen and oxygen atoms in total. The van der Waals surface area contributed by atoms with Crippen LogP contribution in [0.4, 0.5) is 0 Å². The van der Waals surface area contributed by atoms with Crippen LogP contribution in [0.25, 0.3) is 0 Å². The molecule has 0 aromatic heterocycles. The summed E-state index contributed by atoms with van der Waals surface area (Å²) in [6.07, 6.45) is 0. The van der Waals surface area contributed by atoms with Gasteiger partial charge in [0.2, 0.25) is 0 Å². The second-order valence-corrected chi connectivity index (χ2v) is 0.141. The molecule has 0 atom stereocenters. The molecule has 0 amide bonds. The third-order valence-corrected chi connectivity index (χ3v) is 0. The molecule has 2 N–H and O–H groups in total. The third-order valence-electron chi connectivity index (χ3n) is 0. The van der Waals surface area contributed by atoms with E-state index in [0.29, 0.717) is 0 Å². The van der Waals surface area contributed by atoms with Crippen LogP contribution < -0.4 is 0 Å². The van der Waals surface area contributed by atoms with Gasteiger partial charge in [0.25, 0.3) is 0 Å². The summed E-state index contributed by atoms with van der Waals surface area (Å²) in [5.74, 6) is 0. The van der Waals surface area contributed by atoms with Crippen molar-refractivity contribution in [3.05, 3.63) is 0 Å². The fraction of sp³-hybridized carbons (Fsp3) is 0. The van der Waals surface area contributed by atoms with Gasteiger partial charge in [-0.15, -0.1) is 0 Å². The summed E-state index contributed by atoms with van der Waals surface area (Å²) in [6.45, 7) is 0. The molecule has 0 unspecified atom stereocenters. The van der Waals surface area contributed by atoms with Crippen molar-refractivity contribution in [3.8, 4) is 0 Å². The Kier molecular flexibility index (Phi) is 56.8. The van der Waals surface area contributed by atoms with E-state index in [1.54, 1.807) is 0 Å². The molecule has 0 rings (SSSR count). The standard InChI is InChI=1S/BH3O2.B.Sr/c2-1-3;;/h1-3H;;/q;+3;+2. The Balaban J connectivity index is -0.0000000200. The second-order valence-electron chi connectivity index (χ2n) is 0.141. The Labute approximate surface area is 70.7 Å². The molecule has 0 aliphatic carbocycles. The molecule has 0 aliphatic rings. The van der Waals surface area contributed by atoms with Gasteiger partial charge in [-0.3, -0.25) is 0 Å². The zero-order valence-electron chi connectivity index (χ0n) is 2.89. The van der Waals surface area contributed by atoms with Gasteiger partial charge in [-0.05, 0) is 0 Å². The molecule has 5 heteroatoms. The van der Waals surface area contributed by atoms with Crippen molar-refractivity contribution in [2.45, 2.75) is 0 Å². The maximum absolute atomic E-state index is 7.12. The molecule has 0 bridgehead atoms. The van der Waals surface area contributed by atoms with Crippen molar-refractivity contribution >= 4 is 61.6 Å². The average molecular weight is 144 g/mol. The molecular formula is H3B2O2Sr+5. The molecule has 5 heavy (non-hydrogen) atoms. The number of rotatable bonds is 0. The molecule has 18 valence electrons. The first kappa shape index (κ1) is 16.0. The minimum atomic E-state index is -0.750. The van der Waals surface area contributed by atoms with E-state index < -0.39 is 7.69 Å². The Morgan fingerprint density at radius 1 is 1.20 bits per heavy atom. The summed E-state index contributed by atoms with van der Waals surface area (Å²) in [4.78, 5) is 0. The van der Waals surface area contributed by atoms with Crippen LogP contribution in [0.1, 0.15) is 0 Å². The van der Waals surface area contributed by atoms with Crippen molar-refractivity contribution in [1.82, 2.24) is 0 Å². The summed E-state index contributed by atoms with van der Waals surface area (Å²) in [5.41, 5.74) is 0. The van der Waals surface area contributed by atoms with Crippen LogP contribution in [0.2, 0.25) is 0 Å². The monoisotopic (exact) mass is 145 g/mol. The van der Waals surface area contributed by atoms with Crippen molar-refractivity contribution in [2.75, 3.05) is 0 Å². The van der Waals surface area contributed by atoms with E-state index in [2.05, 4.69) is 0 Å². The minimum Gasteiger partial charge on any atom is -0.430 e. The Hall–Kier alpha value is 1.53. The van der Waals surface area contributed by atoms with Gasteiger partial charge in [0.15, 0.2) is 0 Å². The maximum Gasteiger partial charge on any atom is 3.00 e. The molecule has 0 aromatic carbocycles. The molecule has 0 spiro atoms. The first-order valence-corrected chi connectivity index (χ1v) is 0.632. The predicted octanol–water partition coefficient (Wildman–Crippen LogP) is -2.52. The SMILES string of the molecule is OBO.[B+3].[Sr+2]. The molecular weight excluding hydrogens is 141 g/mol. The molecule has 0 heterocycles. The quantitative estimate of drug-likeness (QED) is 0.368. The fourth-order valence-corrected chi connectivity index (χ4v) is 0. The van der Waals surface area contributed by atoms with Crippen molar-refractivity contribution in [1.29, 1.82) is 0 Å². The molecule has 0 radical (unpaired) electrons. The second kappa shape index (κ2) is 17.7. The van der Waals surface area contributed by atoms with E-state index in [1.807, 2.05) is 0 Å². The summed E-state index contributed by atoms with van der Waals surface area (Å²) < 4.78 is 0. The van der Waals surface area contributed by atoms with Crippen molar-refractivity contribution < 1.29 is 10.0 Å². The zero-order chi connectivity index (χ0) is 2.71. The molecule has 0 aromatic rings. The first-order valence-electron chi connectivity index (χ1n) is 0.632. The van der Waals surface area contributed by atoms with Gasteiger partial charge in [-0.2, -0.15) is 0 Å². The predicted molar refractivity (Wildman–Crippen MR) is 23.1 cm³/mol. The Bertz CT molecular complexity index is 7.61. The largest absolute Gasteiger partial charge is 3.00 e.